The number of nitrogens with zero attached hydrogens (tertiary/aromatic N) is 2. The molecule has 3 rings (SSSR count). The van der Waals surface area contributed by atoms with Crippen LogP contribution in [0.15, 0.2) is 35.8 Å². The summed E-state index contributed by atoms with van der Waals surface area (Å²) >= 11 is 1.64. The van der Waals surface area contributed by atoms with Crippen molar-refractivity contribution in [3.63, 3.8) is 0 Å². The van der Waals surface area contributed by atoms with E-state index in [4.69, 9.17) is 4.74 Å². The van der Waals surface area contributed by atoms with Crippen LogP contribution < -0.4 is 0 Å². The molecule has 1 aromatic heterocycles. The monoisotopic (exact) mass is 344 g/mol. The molecule has 0 bridgehead atoms. The average Bonchev–Trinajstić information content (AvgIpc) is 3.04. The number of amides is 1. The molecule has 2 aromatic rings. The molecule has 24 heavy (non-hydrogen) atoms. The molecule has 5 heteroatoms. The van der Waals surface area contributed by atoms with Gasteiger partial charge in [0.15, 0.2) is 0 Å². The van der Waals surface area contributed by atoms with Crippen molar-refractivity contribution in [3.8, 4) is 0 Å². The van der Waals surface area contributed by atoms with Crippen molar-refractivity contribution in [2.24, 2.45) is 0 Å². The number of ether oxygens (including phenoxy) is 1. The highest BCUT2D eigenvalue weighted by atomic mass is 32.1. The highest BCUT2D eigenvalue weighted by Gasteiger charge is 2.24. The molecule has 1 amide bonds. The lowest BCUT2D eigenvalue weighted by molar-refractivity contribution is -0.138. The summed E-state index contributed by atoms with van der Waals surface area (Å²) in [4.78, 5) is 19.9. The van der Waals surface area contributed by atoms with Crippen molar-refractivity contribution in [1.29, 1.82) is 0 Å². The van der Waals surface area contributed by atoms with Crippen molar-refractivity contribution in [2.45, 2.75) is 38.7 Å². The summed E-state index contributed by atoms with van der Waals surface area (Å²) in [5.41, 5.74) is 4.23. The molecule has 0 spiro atoms. The van der Waals surface area contributed by atoms with Crippen molar-refractivity contribution < 1.29 is 9.53 Å². The van der Waals surface area contributed by atoms with Gasteiger partial charge in [-0.2, -0.15) is 0 Å². The predicted molar refractivity (Wildman–Crippen MR) is 96.3 cm³/mol. The maximum absolute atomic E-state index is 12.5. The lowest BCUT2D eigenvalue weighted by atomic mass is 10.1. The second-order valence-electron chi connectivity index (χ2n) is 6.22. The van der Waals surface area contributed by atoms with Gasteiger partial charge in [-0.1, -0.05) is 30.3 Å². The molecule has 0 N–H and O–H groups in total. The molecule has 0 radical (unpaired) electrons. The summed E-state index contributed by atoms with van der Waals surface area (Å²) in [6, 6.07) is 10.4. The lowest BCUT2D eigenvalue weighted by Gasteiger charge is -2.33. The second-order valence-corrected chi connectivity index (χ2v) is 7.16. The van der Waals surface area contributed by atoms with Crippen LogP contribution in [-0.2, 0) is 22.4 Å². The third-order valence-corrected chi connectivity index (χ3v) is 5.49. The maximum Gasteiger partial charge on any atom is 0.223 e. The Labute approximate surface area is 147 Å². The van der Waals surface area contributed by atoms with Crippen LogP contribution in [0.2, 0.25) is 0 Å². The van der Waals surface area contributed by atoms with Crippen LogP contribution in [-0.4, -0.2) is 41.6 Å². The van der Waals surface area contributed by atoms with Crippen LogP contribution in [0, 0.1) is 6.92 Å². The molecule has 128 valence electrons. The fraction of sp³-hybridized carbons (Fsp3) is 0.474. The van der Waals surface area contributed by atoms with Gasteiger partial charge >= 0.3 is 0 Å². The Morgan fingerprint density at radius 1 is 1.33 bits per heavy atom. The third kappa shape index (κ3) is 4.65. The van der Waals surface area contributed by atoms with Gasteiger partial charge in [-0.15, -0.1) is 11.3 Å². The van der Waals surface area contributed by atoms with Crippen LogP contribution in [0.5, 0.6) is 0 Å². The molecule has 1 aliphatic heterocycles. The Morgan fingerprint density at radius 3 is 2.92 bits per heavy atom. The highest BCUT2D eigenvalue weighted by Crippen LogP contribution is 2.17. The third-order valence-electron chi connectivity index (χ3n) is 4.50. The molecule has 1 atom stereocenters. The van der Waals surface area contributed by atoms with Gasteiger partial charge in [0.2, 0.25) is 5.91 Å². The van der Waals surface area contributed by atoms with E-state index in [1.807, 2.05) is 23.4 Å². The Balaban J connectivity index is 1.46. The highest BCUT2D eigenvalue weighted by molar-refractivity contribution is 7.09. The SMILES string of the molecule is Cc1ncsc1CCC(=O)N1CCOC(CCc2ccccc2)C1. The van der Waals surface area contributed by atoms with Crippen LogP contribution in [0.1, 0.15) is 29.0 Å². The zero-order chi connectivity index (χ0) is 16.8. The smallest absolute Gasteiger partial charge is 0.223 e. The average molecular weight is 344 g/mol. The molecule has 1 fully saturated rings. The van der Waals surface area contributed by atoms with Crippen molar-refractivity contribution in [3.05, 3.63) is 52.0 Å². The maximum atomic E-state index is 12.5. The van der Waals surface area contributed by atoms with Crippen molar-refractivity contribution in [1.82, 2.24) is 9.88 Å². The first-order chi connectivity index (χ1) is 11.7. The van der Waals surface area contributed by atoms with Crippen LogP contribution in [0.25, 0.3) is 0 Å². The first-order valence-electron chi connectivity index (χ1n) is 8.54. The Kier molecular flexibility index (Phi) is 5.99. The van der Waals surface area contributed by atoms with E-state index in [0.717, 1.165) is 25.0 Å². The largest absolute Gasteiger partial charge is 0.375 e. The zero-order valence-electron chi connectivity index (χ0n) is 14.1. The summed E-state index contributed by atoms with van der Waals surface area (Å²) < 4.78 is 5.85. The number of aryl methyl sites for hydroxylation is 3. The fourth-order valence-corrected chi connectivity index (χ4v) is 3.82. The number of benzene rings is 1. The first kappa shape index (κ1) is 17.1. The Morgan fingerprint density at radius 2 is 2.17 bits per heavy atom. The summed E-state index contributed by atoms with van der Waals surface area (Å²) in [6.07, 6.45) is 3.46. The van der Waals surface area contributed by atoms with Gasteiger partial charge in [0.1, 0.15) is 0 Å². The number of hydrogen-bond donors (Lipinski definition) is 0. The zero-order valence-corrected chi connectivity index (χ0v) is 14.9. The quantitative estimate of drug-likeness (QED) is 0.808. The van der Waals surface area contributed by atoms with Crippen molar-refractivity contribution >= 4 is 17.2 Å². The van der Waals surface area contributed by atoms with Gasteiger partial charge < -0.3 is 9.64 Å². The minimum Gasteiger partial charge on any atom is -0.375 e. The van der Waals surface area contributed by atoms with E-state index in [1.54, 1.807) is 11.3 Å². The summed E-state index contributed by atoms with van der Waals surface area (Å²) in [5.74, 6) is 0.232. The minimum absolute atomic E-state index is 0.146. The van der Waals surface area contributed by atoms with E-state index in [0.29, 0.717) is 26.1 Å². The first-order valence-corrected chi connectivity index (χ1v) is 9.42. The van der Waals surface area contributed by atoms with Crippen LogP contribution >= 0.6 is 11.3 Å². The molecule has 1 saturated heterocycles. The number of rotatable bonds is 6. The Bertz CT molecular complexity index is 656. The van der Waals surface area contributed by atoms with Gasteiger partial charge in [0.05, 0.1) is 23.9 Å². The van der Waals surface area contributed by atoms with E-state index >= 15 is 0 Å². The minimum atomic E-state index is 0.146. The number of aromatic nitrogens is 1. The van der Waals surface area contributed by atoms with Gasteiger partial charge in [-0.05, 0) is 31.7 Å². The number of carbonyl (C=O) groups is 1. The van der Waals surface area contributed by atoms with E-state index in [-0.39, 0.29) is 12.0 Å². The van der Waals surface area contributed by atoms with Crippen LogP contribution in [0.4, 0.5) is 0 Å². The molecule has 2 heterocycles. The van der Waals surface area contributed by atoms with E-state index in [2.05, 4.69) is 29.2 Å². The van der Waals surface area contributed by atoms with Gasteiger partial charge in [0.25, 0.3) is 0 Å². The summed E-state index contributed by atoms with van der Waals surface area (Å²) in [6.45, 7) is 4.07. The molecule has 1 aliphatic rings. The van der Waals surface area contributed by atoms with Gasteiger partial charge in [-0.3, -0.25) is 4.79 Å². The number of carbonyl (C=O) groups excluding carboxylic acids is 1. The van der Waals surface area contributed by atoms with E-state index in [9.17, 15) is 4.79 Å². The van der Waals surface area contributed by atoms with E-state index in [1.165, 1.54) is 10.4 Å². The molecule has 1 aromatic carbocycles. The molecular formula is C19H24N2O2S. The van der Waals surface area contributed by atoms with Gasteiger partial charge in [-0.25, -0.2) is 4.98 Å². The summed E-state index contributed by atoms with van der Waals surface area (Å²) in [5, 5.41) is 0. The van der Waals surface area contributed by atoms with E-state index < -0.39 is 0 Å². The molecule has 0 aliphatic carbocycles. The normalized spacial score (nSPS) is 17.9. The summed E-state index contributed by atoms with van der Waals surface area (Å²) in [7, 11) is 0. The Hall–Kier alpha value is -1.72. The predicted octanol–water partition coefficient (Wildman–Crippen LogP) is 3.24. The lowest BCUT2D eigenvalue weighted by Crippen LogP contribution is -2.45. The number of morpholine rings is 1. The number of thiazole rings is 1. The molecule has 1 unspecified atom stereocenters. The van der Waals surface area contributed by atoms with Crippen LogP contribution in [0.3, 0.4) is 0 Å². The molecule has 4 nitrogen and oxygen atoms in total. The fourth-order valence-electron chi connectivity index (χ4n) is 3.04. The topological polar surface area (TPSA) is 42.4 Å². The molecule has 0 saturated carbocycles. The standard InChI is InChI=1S/C19H24N2O2S/c1-15-18(24-14-20-15)9-10-19(22)21-11-12-23-17(13-21)8-7-16-5-3-2-4-6-16/h2-6,14,17H,7-13H2,1H3. The van der Waals surface area contributed by atoms with Gasteiger partial charge in [0, 0.05) is 24.4 Å². The number of hydrogen-bond acceptors (Lipinski definition) is 4. The molecular weight excluding hydrogens is 320 g/mol. The second kappa shape index (κ2) is 8.40. The van der Waals surface area contributed by atoms with Crippen molar-refractivity contribution in [2.75, 3.05) is 19.7 Å².